The van der Waals surface area contributed by atoms with E-state index in [0.29, 0.717) is 18.6 Å². The van der Waals surface area contributed by atoms with Crippen LogP contribution in [0.25, 0.3) is 0 Å². The van der Waals surface area contributed by atoms with E-state index in [1.807, 2.05) is 0 Å². The van der Waals surface area contributed by atoms with Gasteiger partial charge >= 0.3 is 5.97 Å². The van der Waals surface area contributed by atoms with Crippen LogP contribution in [0.3, 0.4) is 0 Å². The number of carbonyl (C=O) groups is 1. The van der Waals surface area contributed by atoms with Gasteiger partial charge in [0.1, 0.15) is 0 Å². The summed E-state index contributed by atoms with van der Waals surface area (Å²) in [6.45, 7) is 0.484. The van der Waals surface area contributed by atoms with E-state index in [-0.39, 0.29) is 5.97 Å². The molecule has 0 atom stereocenters. The monoisotopic (exact) mass is 132 g/mol. The van der Waals surface area contributed by atoms with Crippen LogP contribution in [-0.4, -0.2) is 12.6 Å². The van der Waals surface area contributed by atoms with E-state index in [9.17, 15) is 4.79 Å². The molecule has 0 bridgehead atoms. The van der Waals surface area contributed by atoms with Crippen LogP contribution in [0.2, 0.25) is 0 Å². The minimum Gasteiger partial charge on any atom is -0.462 e. The molecule has 1 aliphatic heterocycles. The van der Waals surface area contributed by atoms with Gasteiger partial charge in [0.05, 0.1) is 12.2 Å². The van der Waals surface area contributed by atoms with Crippen molar-refractivity contribution in [3.63, 3.8) is 0 Å². The van der Waals surface area contributed by atoms with Gasteiger partial charge in [-0.2, -0.15) is 0 Å². The molecule has 0 saturated carbocycles. The fourth-order valence-electron chi connectivity index (χ4n) is 0.548. The van der Waals surface area contributed by atoms with Crippen molar-refractivity contribution in [1.29, 1.82) is 0 Å². The topological polar surface area (TPSA) is 26.3 Å². The Kier molecular flexibility index (Phi) is 1.53. The highest BCUT2D eigenvalue weighted by Gasteiger charge is 2.17. The smallest absolute Gasteiger partial charge is 0.335 e. The molecular formula is C5H5ClO2. The van der Waals surface area contributed by atoms with Crippen molar-refractivity contribution in [2.24, 2.45) is 0 Å². The van der Waals surface area contributed by atoms with Gasteiger partial charge in [-0.3, -0.25) is 0 Å². The molecule has 1 heterocycles. The predicted octanol–water partition coefficient (Wildman–Crippen LogP) is 1.06. The van der Waals surface area contributed by atoms with Gasteiger partial charge in [-0.1, -0.05) is 11.6 Å². The third-order valence-corrected chi connectivity index (χ3v) is 1.26. The largest absolute Gasteiger partial charge is 0.462 e. The third kappa shape index (κ3) is 0.842. The summed E-state index contributed by atoms with van der Waals surface area (Å²) in [6.07, 6.45) is 0.655. The molecule has 44 valence electrons. The molecule has 8 heavy (non-hydrogen) atoms. The molecule has 0 spiro atoms. The maximum Gasteiger partial charge on any atom is 0.335 e. The van der Waals surface area contributed by atoms with E-state index in [1.54, 1.807) is 0 Å². The molecule has 0 aromatic carbocycles. The first-order valence-corrected chi connectivity index (χ1v) is 2.74. The van der Waals surface area contributed by atoms with Crippen LogP contribution < -0.4 is 0 Å². The van der Waals surface area contributed by atoms with Crippen molar-refractivity contribution >= 4 is 17.6 Å². The molecule has 0 aromatic rings. The number of hydrogen-bond donors (Lipinski definition) is 0. The van der Waals surface area contributed by atoms with E-state index in [4.69, 9.17) is 11.6 Å². The van der Waals surface area contributed by atoms with Crippen molar-refractivity contribution in [3.8, 4) is 0 Å². The fourth-order valence-corrected chi connectivity index (χ4v) is 0.746. The van der Waals surface area contributed by atoms with E-state index in [2.05, 4.69) is 4.74 Å². The highest BCUT2D eigenvalue weighted by atomic mass is 35.5. The molecule has 0 unspecified atom stereocenters. The molecular weight excluding hydrogens is 128 g/mol. The van der Waals surface area contributed by atoms with Gasteiger partial charge in [0.2, 0.25) is 0 Å². The second kappa shape index (κ2) is 2.18. The van der Waals surface area contributed by atoms with Crippen LogP contribution in [0, 0.1) is 0 Å². The first kappa shape index (κ1) is 5.63. The molecule has 0 aliphatic carbocycles. The van der Waals surface area contributed by atoms with Crippen molar-refractivity contribution < 1.29 is 9.53 Å². The maximum absolute atomic E-state index is 10.4. The van der Waals surface area contributed by atoms with Crippen molar-refractivity contribution in [2.45, 2.75) is 6.42 Å². The summed E-state index contributed by atoms with van der Waals surface area (Å²) in [6, 6.07) is 0. The summed E-state index contributed by atoms with van der Waals surface area (Å²) in [5, 5.41) is 0. The second-order valence-electron chi connectivity index (χ2n) is 1.52. The lowest BCUT2D eigenvalue weighted by Crippen LogP contribution is -1.92. The molecule has 3 heteroatoms. The van der Waals surface area contributed by atoms with Gasteiger partial charge in [-0.15, -0.1) is 0 Å². The van der Waals surface area contributed by atoms with Crippen LogP contribution >= 0.6 is 11.6 Å². The Bertz CT molecular complexity index is 139. The molecule has 0 amide bonds. The number of carbonyl (C=O) groups excluding carboxylic acids is 1. The molecule has 1 saturated heterocycles. The number of cyclic esters (lactones) is 1. The van der Waals surface area contributed by atoms with Gasteiger partial charge in [0.15, 0.2) is 0 Å². The summed E-state index contributed by atoms with van der Waals surface area (Å²) in [5.41, 5.74) is 1.85. The minimum atomic E-state index is -0.278. The first-order chi connectivity index (χ1) is 3.84. The fraction of sp³-hybridized carbons (Fsp3) is 0.400. The number of ether oxygens (including phenoxy) is 1. The minimum absolute atomic E-state index is 0.278. The molecule has 0 radical (unpaired) electrons. The molecule has 1 aliphatic rings. The van der Waals surface area contributed by atoms with Gasteiger partial charge in [-0.25, -0.2) is 4.79 Å². The van der Waals surface area contributed by atoms with Gasteiger partial charge in [-0.05, 0) is 0 Å². The zero-order valence-electron chi connectivity index (χ0n) is 4.19. The van der Waals surface area contributed by atoms with E-state index in [1.165, 1.54) is 5.54 Å². The quantitative estimate of drug-likeness (QED) is 0.364. The normalized spacial score (nSPS) is 24.1. The van der Waals surface area contributed by atoms with Crippen LogP contribution in [0.1, 0.15) is 6.42 Å². The summed E-state index contributed by atoms with van der Waals surface area (Å²) in [7, 11) is 0. The van der Waals surface area contributed by atoms with Crippen LogP contribution in [0.15, 0.2) is 11.1 Å². The van der Waals surface area contributed by atoms with E-state index in [0.717, 1.165) is 0 Å². The summed E-state index contributed by atoms with van der Waals surface area (Å²) in [4.78, 5) is 10.4. The number of esters is 1. The Morgan fingerprint density at radius 2 is 2.50 bits per heavy atom. The highest BCUT2D eigenvalue weighted by Crippen LogP contribution is 2.12. The lowest BCUT2D eigenvalue weighted by atomic mass is 10.3. The lowest BCUT2D eigenvalue weighted by molar-refractivity contribution is -0.135. The lowest BCUT2D eigenvalue weighted by Gasteiger charge is -1.83. The van der Waals surface area contributed by atoms with Crippen LogP contribution in [-0.2, 0) is 9.53 Å². The summed E-state index contributed by atoms with van der Waals surface area (Å²) < 4.78 is 4.56. The van der Waals surface area contributed by atoms with Crippen LogP contribution in [0.4, 0.5) is 0 Å². The van der Waals surface area contributed by atoms with Crippen molar-refractivity contribution in [2.75, 3.05) is 6.61 Å². The van der Waals surface area contributed by atoms with E-state index >= 15 is 0 Å². The summed E-state index contributed by atoms with van der Waals surface area (Å²) >= 11 is 5.24. The zero-order chi connectivity index (χ0) is 5.98. The molecule has 0 aromatic heterocycles. The summed E-state index contributed by atoms with van der Waals surface area (Å²) in [5.74, 6) is -0.278. The van der Waals surface area contributed by atoms with Gasteiger partial charge in [0.25, 0.3) is 0 Å². The SMILES string of the molecule is O=C1OCC/C1=C\Cl. The number of halogens is 1. The number of hydrogen-bond acceptors (Lipinski definition) is 2. The Hall–Kier alpha value is -0.500. The van der Waals surface area contributed by atoms with Crippen molar-refractivity contribution in [3.05, 3.63) is 11.1 Å². The average molecular weight is 133 g/mol. The third-order valence-electron chi connectivity index (χ3n) is 0.998. The average Bonchev–Trinajstić information content (AvgIpc) is 2.14. The molecule has 2 nitrogen and oxygen atoms in total. The Balaban J connectivity index is 2.69. The molecule has 1 fully saturated rings. The predicted molar refractivity (Wildman–Crippen MR) is 29.5 cm³/mol. The van der Waals surface area contributed by atoms with Crippen LogP contribution in [0.5, 0.6) is 0 Å². The Morgan fingerprint density at radius 3 is 2.75 bits per heavy atom. The molecule has 1 rings (SSSR count). The first-order valence-electron chi connectivity index (χ1n) is 2.31. The van der Waals surface area contributed by atoms with Gasteiger partial charge in [0, 0.05) is 12.0 Å². The zero-order valence-corrected chi connectivity index (χ0v) is 4.94. The van der Waals surface area contributed by atoms with Crippen molar-refractivity contribution in [1.82, 2.24) is 0 Å². The number of rotatable bonds is 0. The molecule has 0 N–H and O–H groups in total. The second-order valence-corrected chi connectivity index (χ2v) is 1.74. The highest BCUT2D eigenvalue weighted by molar-refractivity contribution is 6.27. The Morgan fingerprint density at radius 1 is 1.75 bits per heavy atom. The van der Waals surface area contributed by atoms with E-state index < -0.39 is 0 Å². The maximum atomic E-state index is 10.4. The van der Waals surface area contributed by atoms with Gasteiger partial charge < -0.3 is 4.74 Å². The Labute approximate surface area is 52.1 Å². The standard InChI is InChI=1S/C5H5ClO2/c6-3-4-1-2-8-5(4)7/h3H,1-2H2/b4-3+.